The Balaban J connectivity index is 1.62. The van der Waals surface area contributed by atoms with E-state index >= 15 is 0 Å². The van der Waals surface area contributed by atoms with Crippen LogP contribution in [-0.2, 0) is 16.6 Å². The van der Waals surface area contributed by atoms with Crippen molar-refractivity contribution in [3.63, 3.8) is 0 Å². The van der Waals surface area contributed by atoms with Gasteiger partial charge < -0.3 is 14.4 Å². The number of aromatic nitrogens is 2. The Labute approximate surface area is 129 Å². The van der Waals surface area contributed by atoms with Crippen LogP contribution < -0.4 is 4.74 Å². The first-order chi connectivity index (χ1) is 10.7. The van der Waals surface area contributed by atoms with Gasteiger partial charge in [-0.15, -0.1) is 0 Å². The second kappa shape index (κ2) is 6.62. The summed E-state index contributed by atoms with van der Waals surface area (Å²) in [5, 5.41) is 4.15. The van der Waals surface area contributed by atoms with Crippen LogP contribution in [-0.4, -0.2) is 53.5 Å². The topological polar surface area (TPSA) is 56.6 Å². The maximum Gasteiger partial charge on any atom is 0.260 e. The van der Waals surface area contributed by atoms with Crippen molar-refractivity contribution in [3.05, 3.63) is 36.7 Å². The van der Waals surface area contributed by atoms with Gasteiger partial charge in [0.1, 0.15) is 5.75 Å². The minimum absolute atomic E-state index is 0.0184. The molecule has 2 aromatic rings. The van der Waals surface area contributed by atoms with Gasteiger partial charge >= 0.3 is 0 Å². The number of hydrogen-bond acceptors (Lipinski definition) is 4. The van der Waals surface area contributed by atoms with Crippen LogP contribution in [0.15, 0.2) is 30.6 Å². The number of carbonyl (C=O) groups excluding carboxylic acids is 1. The standard InChI is InChI=1S/C16H18N3O3/c1-18-11-14(10-17-18)13-3-2-4-15(9-13)22-12-16(20)19-5-7-21-8-6-19/h3-4,9-11H,5-8,12H2,1H3. The molecule has 1 amide bonds. The van der Waals surface area contributed by atoms with Crippen LogP contribution in [0.25, 0.3) is 11.1 Å². The molecule has 0 N–H and O–H groups in total. The van der Waals surface area contributed by atoms with Crippen LogP contribution in [0.1, 0.15) is 0 Å². The number of amides is 1. The second-order valence-corrected chi connectivity index (χ2v) is 5.14. The minimum atomic E-state index is -0.0184. The molecular weight excluding hydrogens is 282 g/mol. The van der Waals surface area contributed by atoms with E-state index in [0.29, 0.717) is 32.1 Å². The van der Waals surface area contributed by atoms with Crippen molar-refractivity contribution >= 4 is 5.91 Å². The average molecular weight is 300 g/mol. The first-order valence-corrected chi connectivity index (χ1v) is 7.21. The Morgan fingerprint density at radius 1 is 1.36 bits per heavy atom. The number of nitrogens with zero attached hydrogens (tertiary/aromatic N) is 3. The van der Waals surface area contributed by atoms with E-state index in [1.54, 1.807) is 21.8 Å². The van der Waals surface area contributed by atoms with Crippen molar-refractivity contribution in [2.75, 3.05) is 32.9 Å². The second-order valence-electron chi connectivity index (χ2n) is 5.14. The van der Waals surface area contributed by atoms with E-state index in [9.17, 15) is 4.79 Å². The van der Waals surface area contributed by atoms with Crippen LogP contribution >= 0.6 is 0 Å². The summed E-state index contributed by atoms with van der Waals surface area (Å²) in [5.74, 6) is 0.609. The van der Waals surface area contributed by atoms with Crippen LogP contribution in [0.4, 0.5) is 0 Å². The molecule has 1 aromatic heterocycles. The summed E-state index contributed by atoms with van der Waals surface area (Å²) in [6.07, 6.45) is 3.71. The third kappa shape index (κ3) is 3.46. The summed E-state index contributed by atoms with van der Waals surface area (Å²) in [5.41, 5.74) is 1.95. The van der Waals surface area contributed by atoms with Crippen LogP contribution in [0, 0.1) is 6.07 Å². The summed E-state index contributed by atoms with van der Waals surface area (Å²) in [7, 11) is 1.87. The molecule has 0 unspecified atom stereocenters. The molecule has 0 aliphatic carbocycles. The summed E-state index contributed by atoms with van der Waals surface area (Å²) >= 11 is 0. The zero-order chi connectivity index (χ0) is 15.4. The molecule has 115 valence electrons. The Kier molecular flexibility index (Phi) is 4.39. The molecule has 1 fully saturated rings. The molecule has 6 heteroatoms. The Bertz CT molecular complexity index is 648. The van der Waals surface area contributed by atoms with E-state index in [0.717, 1.165) is 11.1 Å². The van der Waals surface area contributed by atoms with Gasteiger partial charge in [0.05, 0.1) is 19.4 Å². The van der Waals surface area contributed by atoms with Crippen LogP contribution in [0.5, 0.6) is 5.75 Å². The van der Waals surface area contributed by atoms with Crippen molar-refractivity contribution in [1.29, 1.82) is 0 Å². The lowest BCUT2D eigenvalue weighted by Gasteiger charge is -2.26. The summed E-state index contributed by atoms with van der Waals surface area (Å²) in [6.45, 7) is 2.48. The van der Waals surface area contributed by atoms with Crippen molar-refractivity contribution in [2.45, 2.75) is 0 Å². The van der Waals surface area contributed by atoms with E-state index < -0.39 is 0 Å². The fourth-order valence-corrected chi connectivity index (χ4v) is 2.32. The third-order valence-electron chi connectivity index (χ3n) is 3.53. The molecule has 2 heterocycles. The van der Waals surface area contributed by atoms with Crippen molar-refractivity contribution < 1.29 is 14.3 Å². The molecular formula is C16H18N3O3. The molecule has 0 spiro atoms. The molecule has 1 aliphatic heterocycles. The van der Waals surface area contributed by atoms with Crippen LogP contribution in [0.2, 0.25) is 0 Å². The molecule has 1 aromatic carbocycles. The van der Waals surface area contributed by atoms with Gasteiger partial charge in [0.15, 0.2) is 6.61 Å². The average Bonchev–Trinajstić information content (AvgIpc) is 3.00. The largest absolute Gasteiger partial charge is 0.484 e. The molecule has 1 saturated heterocycles. The van der Waals surface area contributed by atoms with E-state index in [2.05, 4.69) is 11.2 Å². The smallest absolute Gasteiger partial charge is 0.260 e. The van der Waals surface area contributed by atoms with Gasteiger partial charge in [-0.25, -0.2) is 0 Å². The quantitative estimate of drug-likeness (QED) is 0.849. The zero-order valence-corrected chi connectivity index (χ0v) is 12.5. The van der Waals surface area contributed by atoms with Gasteiger partial charge in [-0.2, -0.15) is 5.10 Å². The zero-order valence-electron chi connectivity index (χ0n) is 12.5. The van der Waals surface area contributed by atoms with Gasteiger partial charge in [0, 0.05) is 31.9 Å². The Morgan fingerprint density at radius 3 is 2.91 bits per heavy atom. The van der Waals surface area contributed by atoms with E-state index in [1.807, 2.05) is 25.4 Å². The number of ether oxygens (including phenoxy) is 2. The summed E-state index contributed by atoms with van der Waals surface area (Å²) < 4.78 is 12.6. The molecule has 6 nitrogen and oxygen atoms in total. The predicted molar refractivity (Wildman–Crippen MR) is 80.4 cm³/mol. The first-order valence-electron chi connectivity index (χ1n) is 7.21. The number of carbonyl (C=O) groups is 1. The van der Waals surface area contributed by atoms with E-state index in [1.165, 1.54) is 0 Å². The van der Waals surface area contributed by atoms with E-state index in [4.69, 9.17) is 9.47 Å². The predicted octanol–water partition coefficient (Wildman–Crippen LogP) is 1.12. The highest BCUT2D eigenvalue weighted by atomic mass is 16.5. The molecule has 0 saturated carbocycles. The number of hydrogen-bond donors (Lipinski definition) is 0. The highest BCUT2D eigenvalue weighted by molar-refractivity contribution is 5.78. The number of benzene rings is 1. The first kappa shape index (κ1) is 14.6. The van der Waals surface area contributed by atoms with Gasteiger partial charge in [-0.1, -0.05) is 0 Å². The summed E-state index contributed by atoms with van der Waals surface area (Å²) in [6, 6.07) is 8.52. The molecule has 1 aliphatic rings. The normalized spacial score (nSPS) is 14.9. The maximum absolute atomic E-state index is 12.1. The van der Waals surface area contributed by atoms with Gasteiger partial charge in [-0.3, -0.25) is 9.48 Å². The number of morpholine rings is 1. The van der Waals surface area contributed by atoms with E-state index in [-0.39, 0.29) is 12.5 Å². The molecule has 0 bridgehead atoms. The van der Waals surface area contributed by atoms with Crippen molar-refractivity contribution in [1.82, 2.24) is 14.7 Å². The molecule has 22 heavy (non-hydrogen) atoms. The molecule has 3 rings (SSSR count). The minimum Gasteiger partial charge on any atom is -0.484 e. The van der Waals surface area contributed by atoms with Gasteiger partial charge in [0.2, 0.25) is 0 Å². The lowest BCUT2D eigenvalue weighted by Crippen LogP contribution is -2.42. The van der Waals surface area contributed by atoms with Crippen molar-refractivity contribution in [2.24, 2.45) is 7.05 Å². The van der Waals surface area contributed by atoms with Crippen molar-refractivity contribution in [3.8, 4) is 16.9 Å². The Hall–Kier alpha value is -2.34. The monoisotopic (exact) mass is 300 g/mol. The highest BCUT2D eigenvalue weighted by Gasteiger charge is 2.17. The fraction of sp³-hybridized carbons (Fsp3) is 0.375. The van der Waals surface area contributed by atoms with Gasteiger partial charge in [-0.05, 0) is 29.8 Å². The number of aryl methyl sites for hydroxylation is 1. The lowest BCUT2D eigenvalue weighted by atomic mass is 10.1. The molecule has 1 radical (unpaired) electrons. The fourth-order valence-electron chi connectivity index (χ4n) is 2.32. The third-order valence-corrected chi connectivity index (χ3v) is 3.53. The number of rotatable bonds is 4. The van der Waals surface area contributed by atoms with Crippen LogP contribution in [0.3, 0.4) is 0 Å². The summed E-state index contributed by atoms with van der Waals surface area (Å²) in [4.78, 5) is 13.8. The SMILES string of the molecule is Cn1cc(-c2c[c]cc(OCC(=O)N3CCOCC3)c2)cn1. The van der Waals surface area contributed by atoms with Gasteiger partial charge in [0.25, 0.3) is 5.91 Å². The highest BCUT2D eigenvalue weighted by Crippen LogP contribution is 2.23. The molecule has 0 atom stereocenters. The maximum atomic E-state index is 12.1. The Morgan fingerprint density at radius 2 is 2.18 bits per heavy atom. The lowest BCUT2D eigenvalue weighted by molar-refractivity contribution is -0.137.